The lowest BCUT2D eigenvalue weighted by molar-refractivity contribution is -0.302. The quantitative estimate of drug-likeness (QED) is 0.0270. The molecule has 0 aromatic carbocycles. The summed E-state index contributed by atoms with van der Waals surface area (Å²) in [5.74, 6) is -0.214. The van der Waals surface area contributed by atoms with Crippen LogP contribution in [0, 0.1) is 0 Å². The van der Waals surface area contributed by atoms with Gasteiger partial charge in [-0.05, 0) is 89.9 Å². The average molecular weight is 838 g/mol. The summed E-state index contributed by atoms with van der Waals surface area (Å²) in [6.45, 7) is 3.55. The molecule has 7 atom stereocenters. The molecule has 7 unspecified atom stereocenters. The molecule has 0 spiro atoms. The fraction of sp³-hybridized carbons (Fsp3) is 0.627. The summed E-state index contributed by atoms with van der Waals surface area (Å²) in [5, 5.41) is 54.1. The molecule has 0 aromatic rings. The van der Waals surface area contributed by atoms with E-state index in [4.69, 9.17) is 9.47 Å². The SMILES string of the molecule is CC/C=C\C/C=C\C/C=C\C/C=C\C/C=C\C/C=C\CCCCCCCCC(=O)NC(COC1OC(CO)C(O)C(O)C1O)C(O)/C=C/CC/C=C/CC/C=C/CCCC. The van der Waals surface area contributed by atoms with Gasteiger partial charge in [0, 0.05) is 6.42 Å². The number of carbonyl (C=O) groups is 1. The van der Waals surface area contributed by atoms with E-state index in [-0.39, 0.29) is 12.5 Å². The number of ether oxygens (including phenoxy) is 2. The largest absolute Gasteiger partial charge is 0.394 e. The molecular weight excluding hydrogens is 755 g/mol. The maximum Gasteiger partial charge on any atom is 0.220 e. The van der Waals surface area contributed by atoms with Crippen molar-refractivity contribution in [1.82, 2.24) is 5.32 Å². The standard InChI is InChI=1S/C51H83NO8/c1-3-5-7-9-11-13-15-17-18-19-20-21-22-23-24-25-26-27-28-29-31-33-35-37-39-41-47(55)52-44(43-59-51-50(58)49(57)48(56)46(42-53)60-51)45(54)40-38-36-34-32-30-16-14-12-10-8-6-4-2/h5,7,10-13,17-18,20-21,23-24,26-27,30,32,38,40,44-46,48-51,53-54,56-58H,3-4,6,8-9,14-16,19,22,25,28-29,31,33-37,39,41-43H2,1-2H3,(H,52,55)/b7-5-,12-10+,13-11-,18-17-,21-20-,24-23-,27-26-,32-30+,40-38+. The first kappa shape index (κ1) is 54.9. The number of allylic oxidation sites excluding steroid dienone is 17. The van der Waals surface area contributed by atoms with Crippen molar-refractivity contribution in [1.29, 1.82) is 0 Å². The normalized spacial score (nSPS) is 21.6. The first-order chi connectivity index (χ1) is 29.3. The number of hydrogen-bond acceptors (Lipinski definition) is 8. The molecule has 60 heavy (non-hydrogen) atoms. The number of aliphatic hydroxyl groups excluding tert-OH is 5. The van der Waals surface area contributed by atoms with Gasteiger partial charge in [0.25, 0.3) is 0 Å². The second-order valence-electron chi connectivity index (χ2n) is 15.4. The van der Waals surface area contributed by atoms with Gasteiger partial charge in [0.05, 0.1) is 25.4 Å². The predicted octanol–water partition coefficient (Wildman–Crippen LogP) is 9.89. The van der Waals surface area contributed by atoms with E-state index in [0.717, 1.165) is 116 Å². The predicted molar refractivity (Wildman–Crippen MR) is 248 cm³/mol. The number of aliphatic hydroxyl groups is 5. The topological polar surface area (TPSA) is 149 Å². The number of rotatable bonds is 36. The summed E-state index contributed by atoms with van der Waals surface area (Å²) >= 11 is 0. The van der Waals surface area contributed by atoms with Gasteiger partial charge in [-0.15, -0.1) is 0 Å². The van der Waals surface area contributed by atoms with E-state index in [1.54, 1.807) is 6.08 Å². The van der Waals surface area contributed by atoms with Crippen molar-refractivity contribution < 1.29 is 39.8 Å². The van der Waals surface area contributed by atoms with Gasteiger partial charge < -0.3 is 40.3 Å². The van der Waals surface area contributed by atoms with Crippen molar-refractivity contribution in [2.45, 2.75) is 192 Å². The monoisotopic (exact) mass is 838 g/mol. The van der Waals surface area contributed by atoms with Crippen molar-refractivity contribution in [2.75, 3.05) is 13.2 Å². The van der Waals surface area contributed by atoms with Crippen molar-refractivity contribution in [2.24, 2.45) is 0 Å². The molecule has 1 fully saturated rings. The van der Waals surface area contributed by atoms with Crippen LogP contribution in [-0.2, 0) is 14.3 Å². The van der Waals surface area contributed by atoms with Gasteiger partial charge in [0.15, 0.2) is 6.29 Å². The lowest BCUT2D eigenvalue weighted by Gasteiger charge is -2.40. The maximum absolute atomic E-state index is 12.9. The van der Waals surface area contributed by atoms with Gasteiger partial charge in [-0.2, -0.15) is 0 Å². The fourth-order valence-corrected chi connectivity index (χ4v) is 6.35. The molecule has 9 nitrogen and oxygen atoms in total. The minimum Gasteiger partial charge on any atom is -0.394 e. The van der Waals surface area contributed by atoms with Crippen LogP contribution in [0.1, 0.15) is 149 Å². The summed E-state index contributed by atoms with van der Waals surface area (Å²) < 4.78 is 11.2. The van der Waals surface area contributed by atoms with Crippen molar-refractivity contribution in [3.05, 3.63) is 109 Å². The summed E-state index contributed by atoms with van der Waals surface area (Å²) in [4.78, 5) is 12.9. The lowest BCUT2D eigenvalue weighted by atomic mass is 9.99. The Morgan fingerprint density at radius 2 is 1.05 bits per heavy atom. The number of hydrogen-bond donors (Lipinski definition) is 6. The molecular formula is C51H83NO8. The first-order valence-corrected chi connectivity index (χ1v) is 23.1. The Hall–Kier alpha value is -3.15. The zero-order valence-electron chi connectivity index (χ0n) is 37.2. The average Bonchev–Trinajstić information content (AvgIpc) is 3.25. The van der Waals surface area contributed by atoms with Crippen LogP contribution in [0.25, 0.3) is 0 Å². The van der Waals surface area contributed by atoms with E-state index in [0.29, 0.717) is 6.42 Å². The fourth-order valence-electron chi connectivity index (χ4n) is 6.35. The Bertz CT molecular complexity index is 1300. The molecule has 0 radical (unpaired) electrons. The summed E-state index contributed by atoms with van der Waals surface area (Å²) in [7, 11) is 0. The highest BCUT2D eigenvalue weighted by Gasteiger charge is 2.44. The zero-order chi connectivity index (χ0) is 43.7. The Balaban J connectivity index is 2.35. The molecule has 1 heterocycles. The van der Waals surface area contributed by atoms with E-state index >= 15 is 0 Å². The molecule has 6 N–H and O–H groups in total. The van der Waals surface area contributed by atoms with Crippen LogP contribution in [0.2, 0.25) is 0 Å². The van der Waals surface area contributed by atoms with Crippen LogP contribution in [0.15, 0.2) is 109 Å². The van der Waals surface area contributed by atoms with E-state index in [9.17, 15) is 30.3 Å². The van der Waals surface area contributed by atoms with Crippen LogP contribution in [-0.4, -0.2) is 87.5 Å². The van der Waals surface area contributed by atoms with E-state index in [1.807, 2.05) is 6.08 Å². The minimum atomic E-state index is -1.58. The van der Waals surface area contributed by atoms with Gasteiger partial charge in [0.2, 0.25) is 5.91 Å². The molecule has 0 saturated carbocycles. The Labute approximate surface area is 364 Å². The van der Waals surface area contributed by atoms with Gasteiger partial charge in [-0.3, -0.25) is 4.79 Å². The lowest BCUT2D eigenvalue weighted by Crippen LogP contribution is -2.60. The number of carbonyl (C=O) groups excluding carboxylic acids is 1. The molecule has 1 saturated heterocycles. The number of amides is 1. The van der Waals surface area contributed by atoms with Crippen molar-refractivity contribution in [3.8, 4) is 0 Å². The third kappa shape index (κ3) is 30.0. The van der Waals surface area contributed by atoms with Crippen LogP contribution in [0.3, 0.4) is 0 Å². The molecule has 340 valence electrons. The highest BCUT2D eigenvalue weighted by molar-refractivity contribution is 5.76. The molecule has 9 heteroatoms. The summed E-state index contributed by atoms with van der Waals surface area (Å²) in [6, 6.07) is -0.842. The molecule has 1 amide bonds. The molecule has 1 aliphatic heterocycles. The highest BCUT2D eigenvalue weighted by Crippen LogP contribution is 2.22. The second-order valence-corrected chi connectivity index (χ2v) is 15.4. The van der Waals surface area contributed by atoms with Crippen molar-refractivity contribution >= 4 is 5.91 Å². The Morgan fingerprint density at radius 1 is 0.583 bits per heavy atom. The van der Waals surface area contributed by atoms with Gasteiger partial charge in [0.1, 0.15) is 24.4 Å². The smallest absolute Gasteiger partial charge is 0.220 e. The second kappa shape index (κ2) is 40.0. The molecule has 0 bridgehead atoms. The molecule has 0 aliphatic carbocycles. The molecule has 1 aliphatic rings. The Morgan fingerprint density at radius 3 is 1.60 bits per heavy atom. The van der Waals surface area contributed by atoms with Crippen LogP contribution < -0.4 is 5.32 Å². The van der Waals surface area contributed by atoms with Crippen LogP contribution in [0.5, 0.6) is 0 Å². The zero-order valence-corrected chi connectivity index (χ0v) is 37.2. The minimum absolute atomic E-state index is 0.214. The van der Waals surface area contributed by atoms with Gasteiger partial charge >= 0.3 is 0 Å². The van der Waals surface area contributed by atoms with Crippen molar-refractivity contribution in [3.63, 3.8) is 0 Å². The van der Waals surface area contributed by atoms with E-state index < -0.39 is 49.5 Å². The van der Waals surface area contributed by atoms with Gasteiger partial charge in [-0.1, -0.05) is 162 Å². The van der Waals surface area contributed by atoms with E-state index in [1.165, 1.54) is 12.8 Å². The summed E-state index contributed by atoms with van der Waals surface area (Å²) in [6.07, 6.45) is 51.3. The number of nitrogens with one attached hydrogen (secondary N) is 1. The summed E-state index contributed by atoms with van der Waals surface area (Å²) in [5.41, 5.74) is 0. The maximum atomic E-state index is 12.9. The molecule has 0 aromatic heterocycles. The Kier molecular flexibility index (Phi) is 36.5. The van der Waals surface area contributed by atoms with Gasteiger partial charge in [-0.25, -0.2) is 0 Å². The third-order valence-electron chi connectivity index (χ3n) is 10.1. The van der Waals surface area contributed by atoms with Crippen LogP contribution >= 0.6 is 0 Å². The van der Waals surface area contributed by atoms with E-state index in [2.05, 4.69) is 116 Å². The third-order valence-corrected chi connectivity index (χ3v) is 10.1. The van der Waals surface area contributed by atoms with Crippen LogP contribution in [0.4, 0.5) is 0 Å². The number of unbranched alkanes of at least 4 members (excludes halogenated alkanes) is 10. The molecule has 1 rings (SSSR count). The highest BCUT2D eigenvalue weighted by atomic mass is 16.7. The first-order valence-electron chi connectivity index (χ1n) is 23.1.